The minimum absolute atomic E-state index is 0.235. The highest BCUT2D eigenvalue weighted by atomic mass is 16.3. The molecule has 1 aliphatic rings. The average Bonchev–Trinajstić information content (AvgIpc) is 2.73. The molecular weight excluding hydrogens is 218 g/mol. The molecule has 0 unspecified atom stereocenters. The van der Waals surface area contributed by atoms with Gasteiger partial charge < -0.3 is 10.4 Å². The third-order valence-electron chi connectivity index (χ3n) is 2.61. The summed E-state index contributed by atoms with van der Waals surface area (Å²) in [6.45, 7) is 3.78. The topological polar surface area (TPSA) is 95.0 Å². The first-order chi connectivity index (χ1) is 8.06. The van der Waals surface area contributed by atoms with Crippen molar-refractivity contribution in [3.8, 4) is 5.75 Å². The van der Waals surface area contributed by atoms with Crippen LogP contribution < -0.4 is 16.6 Å². The summed E-state index contributed by atoms with van der Waals surface area (Å²) in [7, 11) is 0. The summed E-state index contributed by atoms with van der Waals surface area (Å²) < 4.78 is 0. The van der Waals surface area contributed by atoms with E-state index in [2.05, 4.69) is 20.7 Å². The van der Waals surface area contributed by atoms with E-state index in [1.54, 1.807) is 24.6 Å². The lowest BCUT2D eigenvalue weighted by Gasteiger charge is -2.26. The molecule has 0 saturated carbocycles. The lowest BCUT2D eigenvalue weighted by molar-refractivity contribution is 0.420. The van der Waals surface area contributed by atoms with Crippen LogP contribution in [0, 0.1) is 13.8 Å². The van der Waals surface area contributed by atoms with Crippen molar-refractivity contribution >= 4 is 18.1 Å². The zero-order chi connectivity index (χ0) is 12.5. The van der Waals surface area contributed by atoms with Crippen LogP contribution in [0.3, 0.4) is 0 Å². The van der Waals surface area contributed by atoms with Crippen LogP contribution in [0.1, 0.15) is 11.1 Å². The summed E-state index contributed by atoms with van der Waals surface area (Å²) in [4.78, 5) is 8.26. The molecule has 0 aromatic heterocycles. The maximum Gasteiger partial charge on any atom is 0.299 e. The van der Waals surface area contributed by atoms with Crippen LogP contribution in [0.2, 0.25) is 0 Å². The Labute approximate surface area is 99.2 Å². The van der Waals surface area contributed by atoms with Gasteiger partial charge in [0.25, 0.3) is 5.91 Å². The van der Waals surface area contributed by atoms with Gasteiger partial charge in [-0.15, -0.1) is 0 Å². The number of nitrogens with two attached hydrogens (primary N) is 1. The van der Waals surface area contributed by atoms with Gasteiger partial charge in [0.2, 0.25) is 0 Å². The Morgan fingerprint density at radius 3 is 2.18 bits per heavy atom. The van der Waals surface area contributed by atoms with E-state index in [9.17, 15) is 5.11 Å². The van der Waals surface area contributed by atoms with E-state index in [0.29, 0.717) is 0 Å². The van der Waals surface area contributed by atoms with Gasteiger partial charge in [-0.2, -0.15) is 5.43 Å². The number of hydrogen-bond acceptors (Lipinski definition) is 6. The number of nitrogens with zero attached hydrogens (tertiary/aromatic N) is 2. The Morgan fingerprint density at radius 2 is 1.71 bits per heavy atom. The third-order valence-corrected chi connectivity index (χ3v) is 2.61. The Morgan fingerprint density at radius 1 is 1.18 bits per heavy atom. The second-order valence-electron chi connectivity index (χ2n) is 3.95. The van der Waals surface area contributed by atoms with E-state index < -0.39 is 5.91 Å². The highest BCUT2D eigenvalue weighted by Crippen LogP contribution is 2.28. The molecule has 0 saturated heterocycles. The molecule has 1 aromatic rings. The molecule has 2 rings (SSSR count). The van der Waals surface area contributed by atoms with Crippen molar-refractivity contribution in [2.24, 2.45) is 15.8 Å². The van der Waals surface area contributed by atoms with Crippen LogP contribution in [0.5, 0.6) is 5.75 Å². The van der Waals surface area contributed by atoms with Gasteiger partial charge in [0.1, 0.15) is 5.75 Å². The van der Waals surface area contributed by atoms with Gasteiger partial charge in [0.15, 0.2) is 0 Å². The fourth-order valence-corrected chi connectivity index (χ4v) is 1.80. The van der Waals surface area contributed by atoms with E-state index in [1.807, 2.05) is 13.8 Å². The van der Waals surface area contributed by atoms with Gasteiger partial charge >= 0.3 is 0 Å². The molecule has 0 amide bonds. The largest absolute Gasteiger partial charge is 0.508 e. The predicted molar refractivity (Wildman–Crippen MR) is 68.2 cm³/mol. The van der Waals surface area contributed by atoms with Crippen molar-refractivity contribution in [2.45, 2.75) is 19.8 Å². The minimum atomic E-state index is -1.05. The molecule has 1 heterocycles. The first-order valence-corrected chi connectivity index (χ1v) is 5.21. The molecule has 5 N–H and O–H groups in total. The van der Waals surface area contributed by atoms with Crippen LogP contribution in [0.25, 0.3) is 0 Å². The Kier molecular flexibility index (Phi) is 2.83. The van der Waals surface area contributed by atoms with E-state index in [1.165, 1.54) is 0 Å². The van der Waals surface area contributed by atoms with Crippen LogP contribution in [-0.2, 0) is 0 Å². The van der Waals surface area contributed by atoms with E-state index in [-0.39, 0.29) is 5.75 Å². The molecule has 0 bridgehead atoms. The summed E-state index contributed by atoms with van der Waals surface area (Å²) >= 11 is 0. The summed E-state index contributed by atoms with van der Waals surface area (Å²) in [6, 6.07) is 3.34. The highest BCUT2D eigenvalue weighted by molar-refractivity contribution is 6.17. The fraction of sp³-hybridized carbons (Fsp3) is 0.273. The summed E-state index contributed by atoms with van der Waals surface area (Å²) in [6.07, 6.45) is 3.13. The Balaban J connectivity index is 2.36. The molecule has 0 fully saturated rings. The monoisotopic (exact) mass is 233 g/mol. The number of phenolic OH excluding ortho intramolecular Hbond substituents is 1. The number of benzene rings is 1. The Bertz CT molecular complexity index is 460. The van der Waals surface area contributed by atoms with Gasteiger partial charge in [-0.1, -0.05) is 0 Å². The summed E-state index contributed by atoms with van der Waals surface area (Å²) in [5.74, 6) is 4.64. The molecule has 90 valence electrons. The lowest BCUT2D eigenvalue weighted by Crippen LogP contribution is -2.51. The smallest absolute Gasteiger partial charge is 0.299 e. The second-order valence-corrected chi connectivity index (χ2v) is 3.95. The zero-order valence-corrected chi connectivity index (χ0v) is 9.73. The molecule has 0 atom stereocenters. The van der Waals surface area contributed by atoms with Gasteiger partial charge in [-0.25, -0.2) is 9.98 Å². The summed E-state index contributed by atoms with van der Waals surface area (Å²) in [5.41, 5.74) is 5.17. The maximum absolute atomic E-state index is 9.47. The van der Waals surface area contributed by atoms with Crippen LogP contribution >= 0.6 is 0 Å². The molecule has 17 heavy (non-hydrogen) atoms. The number of aromatic hydroxyl groups is 1. The SMILES string of the molecule is Cc1cc(O)cc(C)c1NC1(NN)N=CC=N1. The average molecular weight is 233 g/mol. The Hall–Kier alpha value is -1.92. The number of hydrogen-bond donors (Lipinski definition) is 4. The van der Waals surface area contributed by atoms with Crippen molar-refractivity contribution in [1.29, 1.82) is 0 Å². The third kappa shape index (κ3) is 2.13. The number of rotatable bonds is 3. The molecule has 1 aromatic carbocycles. The van der Waals surface area contributed by atoms with Crippen molar-refractivity contribution < 1.29 is 5.11 Å². The van der Waals surface area contributed by atoms with Gasteiger partial charge in [0.05, 0.1) is 0 Å². The summed E-state index contributed by atoms with van der Waals surface area (Å²) in [5, 5.41) is 12.6. The molecule has 0 aliphatic carbocycles. The molecular formula is C11H15N5O. The van der Waals surface area contributed by atoms with Crippen molar-refractivity contribution in [3.05, 3.63) is 23.3 Å². The second kappa shape index (κ2) is 4.15. The van der Waals surface area contributed by atoms with Crippen LogP contribution in [0.4, 0.5) is 5.69 Å². The predicted octanol–water partition coefficient (Wildman–Crippen LogP) is 0.651. The zero-order valence-electron chi connectivity index (χ0n) is 9.73. The van der Waals surface area contributed by atoms with Gasteiger partial charge in [-0.05, 0) is 37.1 Å². The number of aliphatic imine (C=N–C) groups is 2. The number of anilines is 1. The number of nitrogens with one attached hydrogen (secondary N) is 2. The van der Waals surface area contributed by atoms with E-state index in [0.717, 1.165) is 16.8 Å². The highest BCUT2D eigenvalue weighted by Gasteiger charge is 2.28. The first kappa shape index (κ1) is 11.6. The van der Waals surface area contributed by atoms with E-state index >= 15 is 0 Å². The molecule has 0 spiro atoms. The molecule has 6 nitrogen and oxygen atoms in total. The first-order valence-electron chi connectivity index (χ1n) is 5.21. The van der Waals surface area contributed by atoms with Crippen LogP contribution in [-0.4, -0.2) is 23.4 Å². The maximum atomic E-state index is 9.47. The van der Waals surface area contributed by atoms with Gasteiger partial charge in [0, 0.05) is 18.1 Å². The number of hydrazine groups is 1. The van der Waals surface area contributed by atoms with Crippen LogP contribution in [0.15, 0.2) is 22.1 Å². The standard InChI is InChI=1S/C11H15N5O/c1-7-5-9(17)6-8(2)10(7)15-11(16-12)13-3-4-14-11/h3-6,15-17H,12H2,1-2H3. The van der Waals surface area contributed by atoms with Crippen molar-refractivity contribution in [3.63, 3.8) is 0 Å². The van der Waals surface area contributed by atoms with Crippen molar-refractivity contribution in [1.82, 2.24) is 5.43 Å². The molecule has 1 aliphatic heterocycles. The number of aryl methyl sites for hydroxylation is 2. The molecule has 6 heteroatoms. The molecule has 0 radical (unpaired) electrons. The lowest BCUT2D eigenvalue weighted by atomic mass is 10.1. The fourth-order valence-electron chi connectivity index (χ4n) is 1.80. The van der Waals surface area contributed by atoms with Crippen molar-refractivity contribution in [2.75, 3.05) is 5.32 Å². The quantitative estimate of drug-likeness (QED) is 0.267. The number of phenols is 1. The van der Waals surface area contributed by atoms with Gasteiger partial charge in [-0.3, -0.25) is 5.84 Å². The normalized spacial score (nSPS) is 16.4. The van der Waals surface area contributed by atoms with E-state index in [4.69, 9.17) is 5.84 Å². The minimum Gasteiger partial charge on any atom is -0.508 e.